The molecule has 0 bridgehead atoms. The fourth-order valence-electron chi connectivity index (χ4n) is 3.93. The van der Waals surface area contributed by atoms with E-state index in [4.69, 9.17) is 0 Å². The van der Waals surface area contributed by atoms with Gasteiger partial charge in [0.1, 0.15) is 5.82 Å². The number of amides is 1. The summed E-state index contributed by atoms with van der Waals surface area (Å²) < 4.78 is 40.6. The summed E-state index contributed by atoms with van der Waals surface area (Å²) in [5.41, 5.74) is 2.39. The van der Waals surface area contributed by atoms with Gasteiger partial charge in [0.05, 0.1) is 12.3 Å². The smallest absolute Gasteiger partial charge is 0.225 e. The van der Waals surface area contributed by atoms with Crippen LogP contribution in [0.2, 0.25) is 0 Å². The molecule has 29 heavy (non-hydrogen) atoms. The van der Waals surface area contributed by atoms with Gasteiger partial charge < -0.3 is 4.90 Å². The second-order valence-electron chi connectivity index (χ2n) is 7.96. The van der Waals surface area contributed by atoms with Crippen molar-refractivity contribution >= 4 is 15.9 Å². The summed E-state index contributed by atoms with van der Waals surface area (Å²) in [6, 6.07) is 13.6. The molecule has 1 aliphatic rings. The highest BCUT2D eigenvalue weighted by Crippen LogP contribution is 2.27. The number of nitrogens with one attached hydrogen (secondary N) is 1. The number of halogens is 1. The molecule has 3 rings (SSSR count). The summed E-state index contributed by atoms with van der Waals surface area (Å²) in [6.45, 7) is 4.13. The second kappa shape index (κ2) is 8.63. The third kappa shape index (κ3) is 5.42. The SMILES string of the molecule is CC(C)C(=O)N1CCC(NS(C)(=O)=O)C1Cc1cc(F)cc(-c2ccccc2)c1. The lowest BCUT2D eigenvalue weighted by Crippen LogP contribution is -2.48. The molecular weight excluding hydrogens is 391 g/mol. The molecule has 1 aliphatic heterocycles. The maximum Gasteiger partial charge on any atom is 0.225 e. The van der Waals surface area contributed by atoms with Crippen molar-refractivity contribution in [3.05, 3.63) is 59.9 Å². The Kier molecular flexibility index (Phi) is 6.39. The van der Waals surface area contributed by atoms with Gasteiger partial charge in [0.25, 0.3) is 0 Å². The minimum atomic E-state index is -3.42. The third-order valence-electron chi connectivity index (χ3n) is 5.20. The molecule has 0 aromatic heterocycles. The van der Waals surface area contributed by atoms with Gasteiger partial charge in [-0.1, -0.05) is 50.2 Å². The highest BCUT2D eigenvalue weighted by molar-refractivity contribution is 7.88. The lowest BCUT2D eigenvalue weighted by molar-refractivity contribution is -0.135. The van der Waals surface area contributed by atoms with Crippen molar-refractivity contribution in [2.45, 2.75) is 38.8 Å². The van der Waals surface area contributed by atoms with E-state index < -0.39 is 16.1 Å². The van der Waals surface area contributed by atoms with Gasteiger partial charge >= 0.3 is 0 Å². The van der Waals surface area contributed by atoms with Crippen LogP contribution >= 0.6 is 0 Å². The van der Waals surface area contributed by atoms with Crippen molar-refractivity contribution in [2.75, 3.05) is 12.8 Å². The molecule has 2 atom stereocenters. The Hall–Kier alpha value is -2.25. The highest BCUT2D eigenvalue weighted by atomic mass is 32.2. The Balaban J connectivity index is 1.93. The molecule has 1 N–H and O–H groups in total. The van der Waals surface area contributed by atoms with Crippen molar-refractivity contribution in [1.82, 2.24) is 9.62 Å². The van der Waals surface area contributed by atoms with Gasteiger partial charge in [-0.15, -0.1) is 0 Å². The number of nitrogens with zero attached hydrogens (tertiary/aromatic N) is 1. The van der Waals surface area contributed by atoms with Gasteiger partial charge in [-0.05, 0) is 41.7 Å². The summed E-state index contributed by atoms with van der Waals surface area (Å²) >= 11 is 0. The van der Waals surface area contributed by atoms with Crippen LogP contribution in [0.15, 0.2) is 48.5 Å². The summed E-state index contributed by atoms with van der Waals surface area (Å²) in [4.78, 5) is 14.4. The van der Waals surface area contributed by atoms with Gasteiger partial charge in [-0.25, -0.2) is 17.5 Å². The Morgan fingerprint density at radius 3 is 2.48 bits per heavy atom. The van der Waals surface area contributed by atoms with E-state index in [-0.39, 0.29) is 23.7 Å². The minimum absolute atomic E-state index is 0.0208. The predicted octanol–water partition coefficient (Wildman–Crippen LogP) is 3.21. The molecule has 0 saturated carbocycles. The topological polar surface area (TPSA) is 66.5 Å². The van der Waals surface area contributed by atoms with E-state index >= 15 is 0 Å². The van der Waals surface area contributed by atoms with Gasteiger partial charge in [0, 0.05) is 18.5 Å². The normalized spacial score (nSPS) is 19.7. The highest BCUT2D eigenvalue weighted by Gasteiger charge is 2.39. The lowest BCUT2D eigenvalue weighted by Gasteiger charge is -2.30. The van der Waals surface area contributed by atoms with E-state index in [1.165, 1.54) is 12.1 Å². The van der Waals surface area contributed by atoms with E-state index in [2.05, 4.69) is 4.72 Å². The minimum Gasteiger partial charge on any atom is -0.337 e. The van der Waals surface area contributed by atoms with Crippen LogP contribution < -0.4 is 4.72 Å². The largest absolute Gasteiger partial charge is 0.337 e. The standard InChI is InChI=1S/C22H27FN2O3S/c1-15(2)22(26)25-10-9-20(24-29(3,27)28)21(25)13-16-11-18(14-19(23)12-16)17-7-5-4-6-8-17/h4-8,11-12,14-15,20-21,24H,9-10,13H2,1-3H3. The Morgan fingerprint density at radius 1 is 1.17 bits per heavy atom. The first kappa shape index (κ1) is 21.5. The van der Waals surface area contributed by atoms with E-state index in [1.807, 2.05) is 50.2 Å². The van der Waals surface area contributed by atoms with E-state index in [0.717, 1.165) is 22.9 Å². The lowest BCUT2D eigenvalue weighted by atomic mass is 9.96. The molecule has 2 unspecified atom stereocenters. The molecule has 1 saturated heterocycles. The molecule has 1 amide bonds. The zero-order valence-electron chi connectivity index (χ0n) is 16.9. The van der Waals surface area contributed by atoms with Crippen molar-refractivity contribution in [2.24, 2.45) is 5.92 Å². The number of hydrogen-bond acceptors (Lipinski definition) is 3. The summed E-state index contributed by atoms with van der Waals surface area (Å²) in [5, 5.41) is 0. The molecule has 156 valence electrons. The fraction of sp³-hybridized carbons (Fsp3) is 0.409. The molecule has 2 aromatic rings. The number of likely N-dealkylation sites (tertiary alicyclic amines) is 1. The predicted molar refractivity (Wildman–Crippen MR) is 112 cm³/mol. The van der Waals surface area contributed by atoms with Gasteiger partial charge in [-0.3, -0.25) is 4.79 Å². The average molecular weight is 419 g/mol. The number of carbonyl (C=O) groups is 1. The number of benzene rings is 2. The zero-order valence-corrected chi connectivity index (χ0v) is 17.7. The quantitative estimate of drug-likeness (QED) is 0.783. The number of carbonyl (C=O) groups excluding carboxylic acids is 1. The van der Waals surface area contributed by atoms with Crippen molar-refractivity contribution < 1.29 is 17.6 Å². The molecule has 1 heterocycles. The van der Waals surface area contributed by atoms with Crippen LogP contribution in [0.5, 0.6) is 0 Å². The Bertz CT molecular complexity index is 977. The summed E-state index contributed by atoms with van der Waals surface area (Å²) in [5.74, 6) is -0.567. The monoisotopic (exact) mass is 418 g/mol. The van der Waals surface area contributed by atoms with Crippen molar-refractivity contribution in [3.8, 4) is 11.1 Å². The zero-order chi connectivity index (χ0) is 21.2. The number of hydrogen-bond donors (Lipinski definition) is 1. The fourth-order valence-corrected chi connectivity index (χ4v) is 4.76. The maximum absolute atomic E-state index is 14.3. The van der Waals surface area contributed by atoms with E-state index in [1.54, 1.807) is 4.90 Å². The van der Waals surface area contributed by atoms with Gasteiger partial charge in [0.15, 0.2) is 0 Å². The number of sulfonamides is 1. The van der Waals surface area contributed by atoms with Crippen LogP contribution in [-0.2, 0) is 21.2 Å². The molecule has 2 aromatic carbocycles. The molecule has 7 heteroatoms. The van der Waals surface area contributed by atoms with Crippen LogP contribution in [-0.4, -0.2) is 44.1 Å². The third-order valence-corrected chi connectivity index (χ3v) is 5.93. The van der Waals surface area contributed by atoms with Crippen LogP contribution in [0.1, 0.15) is 25.8 Å². The number of rotatable bonds is 6. The Morgan fingerprint density at radius 2 is 1.86 bits per heavy atom. The van der Waals surface area contributed by atoms with Crippen LogP contribution in [0.4, 0.5) is 4.39 Å². The van der Waals surface area contributed by atoms with Crippen molar-refractivity contribution in [3.63, 3.8) is 0 Å². The average Bonchev–Trinajstić information content (AvgIpc) is 3.01. The van der Waals surface area contributed by atoms with Gasteiger partial charge in [-0.2, -0.15) is 0 Å². The molecule has 0 spiro atoms. The molecular formula is C22H27FN2O3S. The van der Waals surface area contributed by atoms with Crippen molar-refractivity contribution in [1.29, 1.82) is 0 Å². The van der Waals surface area contributed by atoms with Crippen LogP contribution in [0.3, 0.4) is 0 Å². The van der Waals surface area contributed by atoms with E-state index in [9.17, 15) is 17.6 Å². The maximum atomic E-state index is 14.3. The first-order chi connectivity index (χ1) is 13.6. The molecule has 5 nitrogen and oxygen atoms in total. The Labute approximate surface area is 172 Å². The van der Waals surface area contributed by atoms with Crippen LogP contribution in [0.25, 0.3) is 11.1 Å². The second-order valence-corrected chi connectivity index (χ2v) is 9.74. The summed E-state index contributed by atoms with van der Waals surface area (Å²) in [6.07, 6.45) is 2.03. The molecule has 1 fully saturated rings. The summed E-state index contributed by atoms with van der Waals surface area (Å²) in [7, 11) is -3.42. The van der Waals surface area contributed by atoms with E-state index in [0.29, 0.717) is 19.4 Å². The first-order valence-electron chi connectivity index (χ1n) is 9.77. The van der Waals surface area contributed by atoms with Crippen LogP contribution in [0, 0.1) is 11.7 Å². The molecule has 0 radical (unpaired) electrons. The molecule has 0 aliphatic carbocycles. The van der Waals surface area contributed by atoms with Gasteiger partial charge in [0.2, 0.25) is 15.9 Å². The first-order valence-corrected chi connectivity index (χ1v) is 11.7.